The minimum atomic E-state index is -0.115. The molecule has 0 spiro atoms. The van der Waals surface area contributed by atoms with Gasteiger partial charge >= 0.3 is 0 Å². The van der Waals surface area contributed by atoms with Crippen LogP contribution >= 0.6 is 0 Å². The van der Waals surface area contributed by atoms with E-state index in [0.717, 1.165) is 37.7 Å². The number of amides is 1. The highest BCUT2D eigenvalue weighted by Gasteiger charge is 2.19. The van der Waals surface area contributed by atoms with Gasteiger partial charge in [0, 0.05) is 49.3 Å². The van der Waals surface area contributed by atoms with Gasteiger partial charge in [-0.25, -0.2) is 4.98 Å². The van der Waals surface area contributed by atoms with E-state index in [2.05, 4.69) is 44.4 Å². The Bertz CT molecular complexity index is 932. The average molecular weight is 372 g/mol. The minimum absolute atomic E-state index is 0.115. The molecule has 1 aliphatic rings. The molecular formula is C23H24N4O. The van der Waals surface area contributed by atoms with Crippen LogP contribution in [0.15, 0.2) is 72.9 Å². The molecule has 5 nitrogen and oxygen atoms in total. The van der Waals surface area contributed by atoms with Crippen LogP contribution in [0.5, 0.6) is 0 Å². The Kier molecular flexibility index (Phi) is 5.24. The van der Waals surface area contributed by atoms with Gasteiger partial charge in [-0.1, -0.05) is 35.9 Å². The fraction of sp³-hybridized carbons (Fsp3) is 0.217. The number of aryl methyl sites for hydroxylation is 1. The summed E-state index contributed by atoms with van der Waals surface area (Å²) in [6, 6.07) is 21.9. The zero-order valence-electron chi connectivity index (χ0n) is 16.0. The van der Waals surface area contributed by atoms with Crippen molar-refractivity contribution >= 4 is 23.1 Å². The summed E-state index contributed by atoms with van der Waals surface area (Å²) in [7, 11) is 0. The fourth-order valence-electron chi connectivity index (χ4n) is 3.41. The van der Waals surface area contributed by atoms with Crippen LogP contribution in [-0.2, 0) is 0 Å². The van der Waals surface area contributed by atoms with E-state index in [9.17, 15) is 4.79 Å². The molecule has 1 N–H and O–H groups in total. The summed E-state index contributed by atoms with van der Waals surface area (Å²) < 4.78 is 0. The highest BCUT2D eigenvalue weighted by Crippen LogP contribution is 2.20. The van der Waals surface area contributed by atoms with E-state index in [1.165, 1.54) is 11.3 Å². The van der Waals surface area contributed by atoms with Crippen LogP contribution in [0.25, 0.3) is 0 Å². The molecule has 0 radical (unpaired) electrons. The fourth-order valence-corrected chi connectivity index (χ4v) is 3.41. The van der Waals surface area contributed by atoms with Gasteiger partial charge in [0.25, 0.3) is 5.91 Å². The lowest BCUT2D eigenvalue weighted by atomic mass is 10.2. The number of rotatable bonds is 4. The predicted molar refractivity (Wildman–Crippen MR) is 114 cm³/mol. The summed E-state index contributed by atoms with van der Waals surface area (Å²) in [5.74, 6) is 0.736. The molecule has 3 aromatic rings. The monoisotopic (exact) mass is 372 g/mol. The number of hydrogen-bond donors (Lipinski definition) is 1. The van der Waals surface area contributed by atoms with Crippen LogP contribution in [0.2, 0.25) is 0 Å². The lowest BCUT2D eigenvalue weighted by Crippen LogP contribution is -2.46. The number of nitrogens with one attached hydrogen (secondary N) is 1. The van der Waals surface area contributed by atoms with Crippen LogP contribution in [0.4, 0.5) is 17.2 Å². The van der Waals surface area contributed by atoms with Gasteiger partial charge in [-0.3, -0.25) is 4.79 Å². The Hall–Kier alpha value is -3.34. The van der Waals surface area contributed by atoms with Crippen molar-refractivity contribution < 1.29 is 4.79 Å². The molecule has 0 saturated carbocycles. The number of benzene rings is 2. The van der Waals surface area contributed by atoms with Crippen molar-refractivity contribution in [1.82, 2.24) is 4.98 Å². The lowest BCUT2D eigenvalue weighted by molar-refractivity contribution is 0.102. The maximum absolute atomic E-state index is 12.6. The van der Waals surface area contributed by atoms with Gasteiger partial charge < -0.3 is 15.1 Å². The van der Waals surface area contributed by atoms with Crippen LogP contribution in [0.3, 0.4) is 0 Å². The first kappa shape index (κ1) is 18.0. The molecule has 2 heterocycles. The molecule has 28 heavy (non-hydrogen) atoms. The number of para-hydroxylation sites is 1. The molecule has 0 aliphatic carbocycles. The van der Waals surface area contributed by atoms with Crippen molar-refractivity contribution in [3.8, 4) is 0 Å². The largest absolute Gasteiger partial charge is 0.368 e. The standard InChI is InChI=1S/C23H24N4O/c1-18-7-9-20(10-8-18)25-23(28)19-11-12-24-22(17-19)27-15-13-26(14-16-27)21-5-3-2-4-6-21/h2-12,17H,13-16H2,1H3,(H,25,28). The van der Waals surface area contributed by atoms with Gasteiger partial charge in [0.2, 0.25) is 0 Å². The summed E-state index contributed by atoms with van der Waals surface area (Å²) >= 11 is 0. The number of hydrogen-bond acceptors (Lipinski definition) is 4. The van der Waals surface area contributed by atoms with E-state index in [-0.39, 0.29) is 5.91 Å². The number of piperazine rings is 1. The van der Waals surface area contributed by atoms with Crippen LogP contribution in [0.1, 0.15) is 15.9 Å². The third-order valence-electron chi connectivity index (χ3n) is 5.04. The third-order valence-corrected chi connectivity index (χ3v) is 5.04. The van der Waals surface area contributed by atoms with Crippen molar-refractivity contribution in [3.05, 3.63) is 84.1 Å². The molecule has 2 aromatic carbocycles. The molecule has 1 saturated heterocycles. The molecular weight excluding hydrogens is 348 g/mol. The molecule has 142 valence electrons. The molecule has 0 unspecified atom stereocenters. The SMILES string of the molecule is Cc1ccc(NC(=O)c2ccnc(N3CCN(c4ccccc4)CC3)c2)cc1. The summed E-state index contributed by atoms with van der Waals surface area (Å²) in [6.45, 7) is 5.66. The van der Waals surface area contributed by atoms with Gasteiger partial charge in [-0.2, -0.15) is 0 Å². The zero-order valence-corrected chi connectivity index (χ0v) is 16.0. The number of carbonyl (C=O) groups is 1. The topological polar surface area (TPSA) is 48.5 Å². The second-order valence-corrected chi connectivity index (χ2v) is 7.03. The maximum atomic E-state index is 12.6. The Morgan fingerprint density at radius 3 is 2.29 bits per heavy atom. The van der Waals surface area contributed by atoms with Crippen LogP contribution in [0, 0.1) is 6.92 Å². The second-order valence-electron chi connectivity index (χ2n) is 7.03. The van der Waals surface area contributed by atoms with E-state index in [4.69, 9.17) is 0 Å². The Labute approximate surface area is 165 Å². The molecule has 0 bridgehead atoms. The predicted octanol–water partition coefficient (Wildman–Crippen LogP) is 3.97. The van der Waals surface area contributed by atoms with Gasteiger partial charge in [-0.05, 0) is 43.3 Å². The Morgan fingerprint density at radius 2 is 1.57 bits per heavy atom. The van der Waals surface area contributed by atoms with Gasteiger partial charge in [0.15, 0.2) is 0 Å². The highest BCUT2D eigenvalue weighted by atomic mass is 16.1. The first-order chi connectivity index (χ1) is 13.7. The Balaban J connectivity index is 1.41. The number of nitrogens with zero attached hydrogens (tertiary/aromatic N) is 3. The number of carbonyl (C=O) groups excluding carboxylic acids is 1. The number of anilines is 3. The summed E-state index contributed by atoms with van der Waals surface area (Å²) in [6.07, 6.45) is 1.71. The molecule has 1 aliphatic heterocycles. The smallest absolute Gasteiger partial charge is 0.255 e. The molecule has 1 fully saturated rings. The number of aromatic nitrogens is 1. The molecule has 1 amide bonds. The van der Waals surface area contributed by atoms with Gasteiger partial charge in [-0.15, -0.1) is 0 Å². The summed E-state index contributed by atoms with van der Waals surface area (Å²) in [5.41, 5.74) is 3.83. The van der Waals surface area contributed by atoms with Crippen molar-refractivity contribution in [2.24, 2.45) is 0 Å². The van der Waals surface area contributed by atoms with Gasteiger partial charge in [0.1, 0.15) is 5.82 Å². The normalized spacial score (nSPS) is 14.0. The van der Waals surface area contributed by atoms with Crippen molar-refractivity contribution in [2.45, 2.75) is 6.92 Å². The first-order valence-corrected chi connectivity index (χ1v) is 9.58. The van der Waals surface area contributed by atoms with E-state index in [1.807, 2.05) is 43.3 Å². The molecule has 5 heteroatoms. The Morgan fingerprint density at radius 1 is 0.893 bits per heavy atom. The van der Waals surface area contributed by atoms with Crippen LogP contribution in [-0.4, -0.2) is 37.1 Å². The second kappa shape index (κ2) is 8.13. The quantitative estimate of drug-likeness (QED) is 0.753. The first-order valence-electron chi connectivity index (χ1n) is 9.58. The van der Waals surface area contributed by atoms with E-state index in [0.29, 0.717) is 5.56 Å². The lowest BCUT2D eigenvalue weighted by Gasteiger charge is -2.36. The van der Waals surface area contributed by atoms with E-state index in [1.54, 1.807) is 12.3 Å². The summed E-state index contributed by atoms with van der Waals surface area (Å²) in [4.78, 5) is 21.7. The highest BCUT2D eigenvalue weighted by molar-refractivity contribution is 6.04. The summed E-state index contributed by atoms with van der Waals surface area (Å²) in [5, 5.41) is 2.95. The van der Waals surface area contributed by atoms with Crippen molar-refractivity contribution in [1.29, 1.82) is 0 Å². The van der Waals surface area contributed by atoms with E-state index >= 15 is 0 Å². The minimum Gasteiger partial charge on any atom is -0.368 e. The van der Waals surface area contributed by atoms with Gasteiger partial charge in [0.05, 0.1) is 0 Å². The third kappa shape index (κ3) is 4.14. The number of pyridine rings is 1. The molecule has 0 atom stereocenters. The van der Waals surface area contributed by atoms with Crippen molar-refractivity contribution in [2.75, 3.05) is 41.3 Å². The van der Waals surface area contributed by atoms with Crippen LogP contribution < -0.4 is 15.1 Å². The van der Waals surface area contributed by atoms with E-state index < -0.39 is 0 Å². The molecule has 4 rings (SSSR count). The zero-order chi connectivity index (χ0) is 19.3. The van der Waals surface area contributed by atoms with Crippen molar-refractivity contribution in [3.63, 3.8) is 0 Å². The maximum Gasteiger partial charge on any atom is 0.255 e. The average Bonchev–Trinajstić information content (AvgIpc) is 2.76. The molecule has 1 aromatic heterocycles.